The topological polar surface area (TPSA) is 84.9 Å². The van der Waals surface area contributed by atoms with Gasteiger partial charge in [0.1, 0.15) is 0 Å². The first-order valence-corrected chi connectivity index (χ1v) is 13.7. The zero-order valence-electron chi connectivity index (χ0n) is 21.5. The number of thioether (sulfide) groups is 1. The van der Waals surface area contributed by atoms with Gasteiger partial charge in [0.05, 0.1) is 18.1 Å². The summed E-state index contributed by atoms with van der Waals surface area (Å²) in [6.07, 6.45) is 1.62. The zero-order chi connectivity index (χ0) is 28.1. The van der Waals surface area contributed by atoms with E-state index >= 15 is 0 Å². The van der Waals surface area contributed by atoms with Crippen molar-refractivity contribution in [1.82, 2.24) is 4.90 Å². The van der Waals surface area contributed by atoms with Gasteiger partial charge in [-0.05, 0) is 97.3 Å². The minimum atomic E-state index is -0.419. The Morgan fingerprint density at radius 2 is 1.77 bits per heavy atom. The van der Waals surface area contributed by atoms with E-state index in [0.717, 1.165) is 27.8 Å². The van der Waals surface area contributed by atoms with Crippen molar-refractivity contribution in [3.05, 3.63) is 91.8 Å². The zero-order valence-corrected chi connectivity index (χ0v) is 23.9. The van der Waals surface area contributed by atoms with E-state index in [2.05, 4.69) is 5.32 Å². The van der Waals surface area contributed by atoms with Gasteiger partial charge in [0, 0.05) is 15.7 Å². The summed E-state index contributed by atoms with van der Waals surface area (Å²) in [7, 11) is 0. The van der Waals surface area contributed by atoms with Crippen LogP contribution in [-0.4, -0.2) is 35.2 Å². The molecule has 1 saturated heterocycles. The van der Waals surface area contributed by atoms with E-state index < -0.39 is 11.1 Å². The van der Waals surface area contributed by atoms with Crippen molar-refractivity contribution in [2.45, 2.75) is 27.3 Å². The van der Waals surface area contributed by atoms with Crippen molar-refractivity contribution in [2.75, 3.05) is 18.5 Å². The van der Waals surface area contributed by atoms with E-state index in [-0.39, 0.29) is 24.0 Å². The van der Waals surface area contributed by atoms with Crippen LogP contribution in [0.5, 0.6) is 11.5 Å². The van der Waals surface area contributed by atoms with E-state index in [1.54, 1.807) is 42.5 Å². The number of anilines is 1. The maximum absolute atomic E-state index is 13.0. The predicted molar refractivity (Wildman–Crippen MR) is 156 cm³/mol. The minimum absolute atomic E-state index is 0.0409. The van der Waals surface area contributed by atoms with Crippen molar-refractivity contribution in [1.29, 1.82) is 0 Å². The monoisotopic (exact) mass is 584 g/mol. The highest BCUT2D eigenvalue weighted by Gasteiger charge is 2.35. The number of carbonyl (C=O) groups excluding carboxylic acids is 3. The molecule has 0 aromatic heterocycles. The van der Waals surface area contributed by atoms with E-state index in [4.69, 9.17) is 32.7 Å². The summed E-state index contributed by atoms with van der Waals surface area (Å²) >= 11 is 13.0. The highest BCUT2D eigenvalue weighted by molar-refractivity contribution is 8.18. The van der Waals surface area contributed by atoms with Crippen LogP contribution in [0.4, 0.5) is 10.5 Å². The van der Waals surface area contributed by atoms with Gasteiger partial charge in [-0.15, -0.1) is 0 Å². The summed E-state index contributed by atoms with van der Waals surface area (Å²) in [6, 6.07) is 15.7. The number of hydrogen-bond acceptors (Lipinski definition) is 6. The molecule has 3 amide bonds. The Labute approximate surface area is 241 Å². The molecule has 0 aliphatic carbocycles. The Bertz CT molecular complexity index is 1470. The highest BCUT2D eigenvalue weighted by Crippen LogP contribution is 2.36. The van der Waals surface area contributed by atoms with E-state index in [9.17, 15) is 14.4 Å². The fourth-order valence-electron chi connectivity index (χ4n) is 3.77. The average Bonchev–Trinajstić information content (AvgIpc) is 3.14. The molecule has 0 bridgehead atoms. The van der Waals surface area contributed by atoms with Crippen molar-refractivity contribution >= 4 is 63.8 Å². The molecule has 7 nitrogen and oxygen atoms in total. The lowest BCUT2D eigenvalue weighted by molar-refractivity contribution is -0.123. The summed E-state index contributed by atoms with van der Waals surface area (Å²) in [5.74, 6) is 0.0729. The number of hydrogen-bond donors (Lipinski definition) is 1. The lowest BCUT2D eigenvalue weighted by Gasteiger charge is -2.14. The molecule has 0 spiro atoms. The van der Waals surface area contributed by atoms with Crippen LogP contribution in [0.2, 0.25) is 10.0 Å². The van der Waals surface area contributed by atoms with Crippen molar-refractivity contribution < 1.29 is 23.9 Å². The molecule has 202 valence electrons. The minimum Gasteiger partial charge on any atom is -0.490 e. The number of benzene rings is 3. The predicted octanol–water partition coefficient (Wildman–Crippen LogP) is 7.26. The van der Waals surface area contributed by atoms with E-state index in [1.165, 1.54) is 0 Å². The number of amides is 3. The number of nitrogens with zero attached hydrogens (tertiary/aromatic N) is 1. The fraction of sp³-hybridized carbons (Fsp3) is 0.207. The first-order valence-electron chi connectivity index (χ1n) is 12.1. The lowest BCUT2D eigenvalue weighted by Crippen LogP contribution is -2.27. The Balaban J connectivity index is 1.44. The third-order valence-corrected chi connectivity index (χ3v) is 7.43. The van der Waals surface area contributed by atoms with Crippen molar-refractivity contribution in [2.24, 2.45) is 0 Å². The number of rotatable bonds is 9. The summed E-state index contributed by atoms with van der Waals surface area (Å²) in [5, 5.41) is 3.28. The quantitative estimate of drug-likeness (QED) is 0.266. The second-order valence-corrected chi connectivity index (χ2v) is 10.6. The van der Waals surface area contributed by atoms with Crippen LogP contribution in [0, 0.1) is 13.8 Å². The van der Waals surface area contributed by atoms with Crippen molar-refractivity contribution in [3.8, 4) is 11.5 Å². The molecular weight excluding hydrogens is 559 g/mol. The van der Waals surface area contributed by atoms with Gasteiger partial charge in [-0.2, -0.15) is 0 Å². The number of carbonyl (C=O) groups is 3. The molecule has 3 aromatic carbocycles. The SMILES string of the molecule is CCOc1cc(/C=C2/SC(=O)N(Cc3ccc(Cl)cc3Cl)C2=O)ccc1OCC(=O)Nc1ccc(C)c(C)c1. The standard InChI is InChI=1S/C29H26Cl2N2O5S/c1-4-37-25-12-19(6-10-24(25)38-16-27(34)32-22-9-5-17(2)18(3)11-22)13-26-28(35)33(29(36)39-26)15-20-7-8-21(30)14-23(20)31/h5-14H,4,15-16H2,1-3H3,(H,32,34)/b26-13+. The van der Waals surface area contributed by atoms with Crippen LogP contribution in [0.15, 0.2) is 59.5 Å². The molecule has 3 aromatic rings. The number of nitrogens with one attached hydrogen (secondary N) is 1. The van der Waals surface area contributed by atoms with Gasteiger partial charge >= 0.3 is 0 Å². The van der Waals surface area contributed by atoms with Crippen LogP contribution >= 0.6 is 35.0 Å². The summed E-state index contributed by atoms with van der Waals surface area (Å²) in [5.41, 5.74) is 4.17. The van der Waals surface area contributed by atoms with E-state index in [0.29, 0.717) is 45.0 Å². The molecule has 0 atom stereocenters. The van der Waals surface area contributed by atoms with Gasteiger partial charge in [0.15, 0.2) is 18.1 Å². The number of ether oxygens (including phenoxy) is 2. The summed E-state index contributed by atoms with van der Waals surface area (Å²) in [4.78, 5) is 39.4. The van der Waals surface area contributed by atoms with Gasteiger partial charge in [-0.25, -0.2) is 0 Å². The molecule has 0 saturated carbocycles. The molecule has 39 heavy (non-hydrogen) atoms. The molecule has 1 aliphatic heterocycles. The second-order valence-electron chi connectivity index (χ2n) is 8.78. The Hall–Kier alpha value is -3.46. The molecule has 1 N–H and O–H groups in total. The third-order valence-electron chi connectivity index (χ3n) is 5.93. The average molecular weight is 586 g/mol. The Kier molecular flexibility index (Phi) is 9.22. The molecule has 4 rings (SSSR count). The number of halogens is 2. The van der Waals surface area contributed by atoms with Gasteiger partial charge < -0.3 is 14.8 Å². The first kappa shape index (κ1) is 28.5. The van der Waals surface area contributed by atoms with E-state index in [1.807, 2.05) is 39.0 Å². The summed E-state index contributed by atoms with van der Waals surface area (Å²) < 4.78 is 11.4. The van der Waals surface area contributed by atoms with Crippen molar-refractivity contribution in [3.63, 3.8) is 0 Å². The maximum atomic E-state index is 13.0. The van der Waals surface area contributed by atoms with Gasteiger partial charge in [0.2, 0.25) is 0 Å². The Morgan fingerprint density at radius 1 is 0.974 bits per heavy atom. The molecule has 1 aliphatic rings. The lowest BCUT2D eigenvalue weighted by atomic mass is 10.1. The highest BCUT2D eigenvalue weighted by atomic mass is 35.5. The smallest absolute Gasteiger partial charge is 0.293 e. The van der Waals surface area contributed by atoms with Gasteiger partial charge in [0.25, 0.3) is 17.1 Å². The first-order chi connectivity index (χ1) is 18.6. The molecule has 1 fully saturated rings. The van der Waals surface area contributed by atoms with Crippen LogP contribution in [0.25, 0.3) is 6.08 Å². The van der Waals surface area contributed by atoms with Gasteiger partial charge in [-0.1, -0.05) is 41.4 Å². The van der Waals surface area contributed by atoms with Crippen LogP contribution in [-0.2, 0) is 16.1 Å². The third kappa shape index (κ3) is 7.15. The number of aryl methyl sites for hydroxylation is 2. The molecule has 0 radical (unpaired) electrons. The van der Waals surface area contributed by atoms with Crippen LogP contribution in [0.1, 0.15) is 29.2 Å². The van der Waals surface area contributed by atoms with Crippen LogP contribution in [0.3, 0.4) is 0 Å². The second kappa shape index (κ2) is 12.6. The van der Waals surface area contributed by atoms with Crippen LogP contribution < -0.4 is 14.8 Å². The fourth-order valence-corrected chi connectivity index (χ4v) is 5.08. The molecule has 0 unspecified atom stereocenters. The molecular formula is C29H26Cl2N2O5S. The summed E-state index contributed by atoms with van der Waals surface area (Å²) in [6.45, 7) is 6.01. The normalized spacial score (nSPS) is 14.2. The molecule has 1 heterocycles. The maximum Gasteiger partial charge on any atom is 0.293 e. The number of imide groups is 1. The Morgan fingerprint density at radius 3 is 2.49 bits per heavy atom. The molecule has 10 heteroatoms. The largest absolute Gasteiger partial charge is 0.490 e. The van der Waals surface area contributed by atoms with Gasteiger partial charge in [-0.3, -0.25) is 19.3 Å².